The summed E-state index contributed by atoms with van der Waals surface area (Å²) < 4.78 is 103. The molecular weight excluding hydrogens is 527 g/mol. The van der Waals surface area contributed by atoms with Gasteiger partial charge in [0.25, 0.3) is 5.91 Å². The summed E-state index contributed by atoms with van der Waals surface area (Å²) in [6.45, 7) is 1.71. The molecular formula is C22H20F7N7O2. The van der Waals surface area contributed by atoms with Crippen LogP contribution in [0.3, 0.4) is 0 Å². The van der Waals surface area contributed by atoms with E-state index in [4.69, 9.17) is 4.74 Å². The van der Waals surface area contributed by atoms with Crippen molar-refractivity contribution < 1.29 is 40.3 Å². The van der Waals surface area contributed by atoms with E-state index in [2.05, 4.69) is 25.7 Å². The molecule has 1 aliphatic rings. The molecule has 0 aliphatic carbocycles. The van der Waals surface area contributed by atoms with Gasteiger partial charge in [0.05, 0.1) is 17.9 Å². The average molecular weight is 547 g/mol. The third-order valence-corrected chi connectivity index (χ3v) is 5.91. The first kappa shape index (κ1) is 27.1. The second-order valence-corrected chi connectivity index (χ2v) is 8.40. The summed E-state index contributed by atoms with van der Waals surface area (Å²) in [5.41, 5.74) is -4.56. The number of ether oxygens (including phenoxy) is 1. The number of alkyl halides is 6. The van der Waals surface area contributed by atoms with Crippen LogP contribution in [0.2, 0.25) is 0 Å². The number of nitrogens with zero attached hydrogens (tertiary/aromatic N) is 5. The Morgan fingerprint density at radius 1 is 1.16 bits per heavy atom. The Balaban J connectivity index is 1.75. The summed E-state index contributed by atoms with van der Waals surface area (Å²) in [7, 11) is 0. The molecule has 1 atom stereocenters. The van der Waals surface area contributed by atoms with Crippen LogP contribution in [0.1, 0.15) is 43.3 Å². The van der Waals surface area contributed by atoms with Crippen LogP contribution < -0.4 is 10.1 Å². The Morgan fingerprint density at radius 2 is 1.92 bits per heavy atom. The van der Waals surface area contributed by atoms with Gasteiger partial charge in [0.2, 0.25) is 0 Å². The van der Waals surface area contributed by atoms with Crippen molar-refractivity contribution in [1.82, 2.24) is 35.7 Å². The van der Waals surface area contributed by atoms with Crippen molar-refractivity contribution in [1.29, 1.82) is 0 Å². The SMILES string of the molecule is CCn1ccc(C2=C(c3nnn[nH]3)C(=O)NC(c3ccc(OCCCC(F)(F)F)cc3F)(C(F)(F)F)C2)n1. The molecule has 1 aromatic carbocycles. The van der Waals surface area contributed by atoms with Crippen LogP contribution in [0.25, 0.3) is 11.1 Å². The van der Waals surface area contributed by atoms with Gasteiger partial charge in [-0.1, -0.05) is 0 Å². The molecule has 2 N–H and O–H groups in total. The van der Waals surface area contributed by atoms with Crippen molar-refractivity contribution in [3.05, 3.63) is 53.4 Å². The number of hydrogen-bond donors (Lipinski definition) is 2. The van der Waals surface area contributed by atoms with Crippen molar-refractivity contribution in [2.24, 2.45) is 0 Å². The summed E-state index contributed by atoms with van der Waals surface area (Å²) in [4.78, 5) is 13.2. The Labute approximate surface area is 210 Å². The molecule has 0 fully saturated rings. The van der Waals surface area contributed by atoms with Gasteiger partial charge in [-0.15, -0.1) is 5.10 Å². The van der Waals surface area contributed by atoms with Crippen LogP contribution in [0, 0.1) is 5.82 Å². The number of carbonyl (C=O) groups is 1. The number of aryl methyl sites for hydroxylation is 1. The summed E-state index contributed by atoms with van der Waals surface area (Å²) in [5.74, 6) is -3.07. The van der Waals surface area contributed by atoms with Gasteiger partial charge < -0.3 is 10.1 Å². The molecule has 9 nitrogen and oxygen atoms in total. The topological polar surface area (TPSA) is 111 Å². The lowest BCUT2D eigenvalue weighted by Gasteiger charge is -2.41. The summed E-state index contributed by atoms with van der Waals surface area (Å²) in [6, 6.07) is 3.83. The maximum Gasteiger partial charge on any atom is 0.416 e. The number of aromatic nitrogens is 6. The van der Waals surface area contributed by atoms with Gasteiger partial charge in [-0.25, -0.2) is 9.49 Å². The lowest BCUT2D eigenvalue weighted by molar-refractivity contribution is -0.202. The molecule has 4 rings (SSSR count). The summed E-state index contributed by atoms with van der Waals surface area (Å²) in [5, 5.41) is 18.9. The zero-order valence-electron chi connectivity index (χ0n) is 19.6. The second kappa shape index (κ2) is 10.1. The molecule has 38 heavy (non-hydrogen) atoms. The molecule has 0 saturated carbocycles. The Kier molecular flexibility index (Phi) is 7.16. The predicted octanol–water partition coefficient (Wildman–Crippen LogP) is 4.17. The van der Waals surface area contributed by atoms with Crippen LogP contribution in [0.5, 0.6) is 5.75 Å². The first-order chi connectivity index (χ1) is 17.8. The molecule has 204 valence electrons. The number of halogens is 7. The molecule has 0 radical (unpaired) electrons. The molecule has 0 bridgehead atoms. The van der Waals surface area contributed by atoms with Crippen LogP contribution in [0.4, 0.5) is 30.7 Å². The number of rotatable bonds is 8. The average Bonchev–Trinajstić information content (AvgIpc) is 3.52. The van der Waals surface area contributed by atoms with Crippen LogP contribution in [0.15, 0.2) is 30.5 Å². The fourth-order valence-electron chi connectivity index (χ4n) is 4.10. The molecule has 0 spiro atoms. The van der Waals surface area contributed by atoms with Gasteiger partial charge in [0.1, 0.15) is 11.6 Å². The molecule has 0 saturated heterocycles. The highest BCUT2D eigenvalue weighted by Crippen LogP contribution is 2.50. The number of H-pyrrole nitrogens is 1. The number of hydrogen-bond acceptors (Lipinski definition) is 6. The number of amides is 1. The number of tetrazole rings is 1. The standard InChI is InChI=1S/C22H20F7N7O2/c1-2-36-8-6-16(33-36)13-11-20(22(27,28)29,30-19(37)17(13)18-31-34-35-32-18)14-5-4-12(10-15(14)23)38-9-3-7-21(24,25)26/h4-6,8,10H,2-3,7,9,11H2,1H3,(H,30,37)(H,31,32,34,35). The highest BCUT2D eigenvalue weighted by Gasteiger charge is 2.61. The van der Waals surface area contributed by atoms with E-state index in [0.717, 1.165) is 12.1 Å². The van der Waals surface area contributed by atoms with Gasteiger partial charge in [-0.2, -0.15) is 31.4 Å². The monoisotopic (exact) mass is 547 g/mol. The fraction of sp³-hybridized carbons (Fsp3) is 0.409. The third kappa shape index (κ3) is 5.33. The molecule has 1 amide bonds. The minimum Gasteiger partial charge on any atom is -0.493 e. The maximum atomic E-state index is 15.2. The number of benzene rings is 1. The Bertz CT molecular complexity index is 1330. The van der Waals surface area contributed by atoms with Crippen molar-refractivity contribution in [3.8, 4) is 5.75 Å². The van der Waals surface area contributed by atoms with Gasteiger partial charge >= 0.3 is 12.4 Å². The van der Waals surface area contributed by atoms with E-state index in [1.807, 2.05) is 5.32 Å². The molecule has 1 aliphatic heterocycles. The van der Waals surface area contributed by atoms with E-state index in [0.29, 0.717) is 12.6 Å². The van der Waals surface area contributed by atoms with E-state index in [1.165, 1.54) is 16.9 Å². The molecule has 3 heterocycles. The Hall–Kier alpha value is -3.98. The van der Waals surface area contributed by atoms with Gasteiger partial charge in [0.15, 0.2) is 11.4 Å². The first-order valence-electron chi connectivity index (χ1n) is 11.2. The lowest BCUT2D eigenvalue weighted by atomic mass is 9.77. The number of nitrogens with one attached hydrogen (secondary N) is 2. The quantitative estimate of drug-likeness (QED) is 0.324. The lowest BCUT2D eigenvalue weighted by Crippen LogP contribution is -2.59. The first-order valence-corrected chi connectivity index (χ1v) is 11.2. The van der Waals surface area contributed by atoms with Gasteiger partial charge in [0, 0.05) is 37.2 Å². The number of aromatic amines is 1. The minimum atomic E-state index is -5.19. The van der Waals surface area contributed by atoms with E-state index in [9.17, 15) is 31.1 Å². The van der Waals surface area contributed by atoms with E-state index in [-0.39, 0.29) is 28.4 Å². The summed E-state index contributed by atoms with van der Waals surface area (Å²) >= 11 is 0. The van der Waals surface area contributed by atoms with Crippen molar-refractivity contribution in [2.75, 3.05) is 6.61 Å². The zero-order chi connectivity index (χ0) is 27.7. The van der Waals surface area contributed by atoms with Crippen molar-refractivity contribution in [3.63, 3.8) is 0 Å². The second-order valence-electron chi connectivity index (χ2n) is 8.40. The van der Waals surface area contributed by atoms with Crippen LogP contribution in [-0.4, -0.2) is 55.3 Å². The normalized spacial score (nSPS) is 18.6. The largest absolute Gasteiger partial charge is 0.493 e. The zero-order valence-corrected chi connectivity index (χ0v) is 19.6. The van der Waals surface area contributed by atoms with E-state index in [1.54, 1.807) is 6.92 Å². The molecule has 1 unspecified atom stereocenters. The minimum absolute atomic E-state index is 0.0340. The molecule has 3 aromatic rings. The molecule has 2 aromatic heterocycles. The van der Waals surface area contributed by atoms with Crippen LogP contribution >= 0.6 is 0 Å². The highest BCUT2D eigenvalue weighted by atomic mass is 19.4. The predicted molar refractivity (Wildman–Crippen MR) is 117 cm³/mol. The van der Waals surface area contributed by atoms with Crippen molar-refractivity contribution in [2.45, 2.75) is 50.6 Å². The van der Waals surface area contributed by atoms with Crippen molar-refractivity contribution >= 4 is 17.1 Å². The number of carbonyl (C=O) groups excluding carboxylic acids is 1. The smallest absolute Gasteiger partial charge is 0.416 e. The van der Waals surface area contributed by atoms with E-state index < -0.39 is 61.0 Å². The summed E-state index contributed by atoms with van der Waals surface area (Å²) in [6.07, 6.45) is -10.6. The third-order valence-electron chi connectivity index (χ3n) is 5.91. The Morgan fingerprint density at radius 3 is 2.50 bits per heavy atom. The van der Waals surface area contributed by atoms with Gasteiger partial charge in [-0.05, 0) is 47.5 Å². The van der Waals surface area contributed by atoms with Crippen LogP contribution in [-0.2, 0) is 16.9 Å². The van der Waals surface area contributed by atoms with Gasteiger partial charge in [-0.3, -0.25) is 9.48 Å². The molecule has 16 heteroatoms. The fourth-order valence-corrected chi connectivity index (χ4v) is 4.10. The highest BCUT2D eigenvalue weighted by molar-refractivity contribution is 6.27. The maximum absolute atomic E-state index is 15.2. The van der Waals surface area contributed by atoms with E-state index >= 15 is 4.39 Å².